The van der Waals surface area contributed by atoms with Gasteiger partial charge in [0.1, 0.15) is 6.04 Å². The van der Waals surface area contributed by atoms with Crippen LogP contribution in [0.5, 0.6) is 0 Å². The van der Waals surface area contributed by atoms with Gasteiger partial charge in [-0.3, -0.25) is 14.4 Å². The molecule has 1 aromatic carbocycles. The Kier molecular flexibility index (Phi) is 5.51. The third kappa shape index (κ3) is 4.67. The zero-order chi connectivity index (χ0) is 18.4. The van der Waals surface area contributed by atoms with E-state index in [2.05, 4.69) is 10.6 Å². The van der Waals surface area contributed by atoms with E-state index < -0.39 is 36.2 Å². The Bertz CT molecular complexity index is 799. The lowest BCUT2D eigenvalue weighted by molar-refractivity contribution is -0.145. The number of carbonyl (C=O) groups excluding carboxylic acids is 2. The van der Waals surface area contributed by atoms with Crippen LogP contribution in [0, 0.1) is 0 Å². The normalized spacial score (nSPS) is 11.4. The summed E-state index contributed by atoms with van der Waals surface area (Å²) in [7, 11) is 0. The second kappa shape index (κ2) is 7.77. The molecule has 2 aromatic rings. The first-order valence-corrected chi connectivity index (χ1v) is 7.08. The standard InChI is InChI=1S/C16H14N2O7/c19-13(20)8-11(16(23)24)18-14(21)9-4-1-2-5-10(9)17-15(22)12-6-3-7-25-12/h1-7,11H,8H2,(H,17,22)(H,18,21)(H,19,20)(H,23,24)/t11-/m0/s1. The van der Waals surface area contributed by atoms with Gasteiger partial charge in [0.15, 0.2) is 5.76 Å². The van der Waals surface area contributed by atoms with Gasteiger partial charge in [0.25, 0.3) is 11.8 Å². The van der Waals surface area contributed by atoms with Crippen LogP contribution < -0.4 is 10.6 Å². The molecule has 0 aliphatic rings. The number of carbonyl (C=O) groups is 4. The third-order valence-electron chi connectivity index (χ3n) is 3.15. The van der Waals surface area contributed by atoms with Crippen LogP contribution >= 0.6 is 0 Å². The van der Waals surface area contributed by atoms with E-state index in [0.29, 0.717) is 0 Å². The molecule has 9 nitrogen and oxygen atoms in total. The predicted molar refractivity (Wildman–Crippen MR) is 84.2 cm³/mol. The van der Waals surface area contributed by atoms with Crippen LogP contribution in [0.2, 0.25) is 0 Å². The summed E-state index contributed by atoms with van der Waals surface area (Å²) in [6.07, 6.45) is 0.541. The van der Waals surface area contributed by atoms with Crippen LogP contribution in [0.15, 0.2) is 47.1 Å². The monoisotopic (exact) mass is 346 g/mol. The van der Waals surface area contributed by atoms with Gasteiger partial charge in [-0.25, -0.2) is 4.79 Å². The number of rotatable bonds is 7. The minimum atomic E-state index is -1.60. The number of para-hydroxylation sites is 1. The van der Waals surface area contributed by atoms with Crippen molar-refractivity contribution in [3.8, 4) is 0 Å². The smallest absolute Gasteiger partial charge is 0.326 e. The topological polar surface area (TPSA) is 146 Å². The van der Waals surface area contributed by atoms with Gasteiger partial charge in [-0.05, 0) is 24.3 Å². The van der Waals surface area contributed by atoms with E-state index in [0.717, 1.165) is 0 Å². The SMILES string of the molecule is O=C(O)C[C@H](NC(=O)c1ccccc1NC(=O)c1ccco1)C(=O)O. The third-order valence-corrected chi connectivity index (χ3v) is 3.15. The molecule has 9 heteroatoms. The van der Waals surface area contributed by atoms with Gasteiger partial charge < -0.3 is 25.3 Å². The van der Waals surface area contributed by atoms with Crippen LogP contribution in [-0.2, 0) is 9.59 Å². The van der Waals surface area contributed by atoms with Crippen molar-refractivity contribution in [3.63, 3.8) is 0 Å². The summed E-state index contributed by atoms with van der Waals surface area (Å²) in [4.78, 5) is 46.1. The molecule has 2 rings (SSSR count). The highest BCUT2D eigenvalue weighted by atomic mass is 16.4. The Balaban J connectivity index is 2.18. The first kappa shape index (κ1) is 17.7. The molecule has 0 fully saturated rings. The van der Waals surface area contributed by atoms with Gasteiger partial charge in [0.2, 0.25) is 0 Å². The second-order valence-corrected chi connectivity index (χ2v) is 4.94. The molecule has 1 atom stereocenters. The average molecular weight is 346 g/mol. The maximum Gasteiger partial charge on any atom is 0.326 e. The van der Waals surface area contributed by atoms with E-state index in [-0.39, 0.29) is 17.0 Å². The molecule has 0 aliphatic carbocycles. The van der Waals surface area contributed by atoms with E-state index >= 15 is 0 Å². The van der Waals surface area contributed by atoms with Crippen molar-refractivity contribution in [1.82, 2.24) is 5.32 Å². The number of hydrogen-bond donors (Lipinski definition) is 4. The van der Waals surface area contributed by atoms with Crippen LogP contribution in [0.25, 0.3) is 0 Å². The lowest BCUT2D eigenvalue weighted by Crippen LogP contribution is -2.42. The number of benzene rings is 1. The van der Waals surface area contributed by atoms with E-state index in [4.69, 9.17) is 14.6 Å². The van der Waals surface area contributed by atoms with E-state index in [1.54, 1.807) is 6.07 Å². The zero-order valence-electron chi connectivity index (χ0n) is 12.8. The minimum absolute atomic E-state index is 0.0148. The first-order chi connectivity index (χ1) is 11.9. The number of nitrogens with one attached hydrogen (secondary N) is 2. The Hall–Kier alpha value is -3.62. The summed E-state index contributed by atoms with van der Waals surface area (Å²) in [6, 6.07) is 7.27. The van der Waals surface area contributed by atoms with Crippen molar-refractivity contribution >= 4 is 29.4 Å². The van der Waals surface area contributed by atoms with Crippen molar-refractivity contribution in [2.45, 2.75) is 12.5 Å². The molecule has 25 heavy (non-hydrogen) atoms. The Labute approximate surface area is 141 Å². The maximum absolute atomic E-state index is 12.3. The predicted octanol–water partition coefficient (Wildman–Crippen LogP) is 1.19. The lowest BCUT2D eigenvalue weighted by atomic mass is 10.1. The molecule has 1 aromatic heterocycles. The highest BCUT2D eigenvalue weighted by molar-refractivity contribution is 6.08. The van der Waals surface area contributed by atoms with Crippen molar-refractivity contribution < 1.29 is 33.8 Å². The molecule has 4 N–H and O–H groups in total. The molecule has 0 bridgehead atoms. The highest BCUT2D eigenvalue weighted by Crippen LogP contribution is 2.17. The highest BCUT2D eigenvalue weighted by Gasteiger charge is 2.25. The van der Waals surface area contributed by atoms with Gasteiger partial charge in [0, 0.05) is 0 Å². The molecule has 0 unspecified atom stereocenters. The molecule has 0 saturated heterocycles. The molecule has 130 valence electrons. The fraction of sp³-hybridized carbons (Fsp3) is 0.125. The van der Waals surface area contributed by atoms with Crippen LogP contribution in [0.4, 0.5) is 5.69 Å². The van der Waals surface area contributed by atoms with Gasteiger partial charge in [-0.15, -0.1) is 0 Å². The largest absolute Gasteiger partial charge is 0.481 e. The summed E-state index contributed by atoms with van der Waals surface area (Å²) < 4.78 is 4.95. The Morgan fingerprint density at radius 2 is 1.72 bits per heavy atom. The minimum Gasteiger partial charge on any atom is -0.481 e. The fourth-order valence-electron chi connectivity index (χ4n) is 1.99. The van der Waals surface area contributed by atoms with E-state index in [1.807, 2.05) is 0 Å². The summed E-state index contributed by atoms with van der Waals surface area (Å²) in [5.41, 5.74) is 0.111. The molecule has 1 heterocycles. The maximum atomic E-state index is 12.3. The number of furan rings is 1. The van der Waals surface area contributed by atoms with E-state index in [9.17, 15) is 19.2 Å². The number of aliphatic carboxylic acids is 2. The van der Waals surface area contributed by atoms with Crippen molar-refractivity contribution in [3.05, 3.63) is 54.0 Å². The molecular weight excluding hydrogens is 332 g/mol. The van der Waals surface area contributed by atoms with Gasteiger partial charge in [-0.1, -0.05) is 12.1 Å². The van der Waals surface area contributed by atoms with Gasteiger partial charge >= 0.3 is 11.9 Å². The number of anilines is 1. The van der Waals surface area contributed by atoms with Gasteiger partial charge in [-0.2, -0.15) is 0 Å². The van der Waals surface area contributed by atoms with Crippen molar-refractivity contribution in [2.75, 3.05) is 5.32 Å². The van der Waals surface area contributed by atoms with Crippen LogP contribution in [0.3, 0.4) is 0 Å². The number of amides is 2. The zero-order valence-corrected chi connectivity index (χ0v) is 12.8. The molecule has 2 amide bonds. The average Bonchev–Trinajstić information content (AvgIpc) is 3.08. The van der Waals surface area contributed by atoms with Crippen LogP contribution in [-0.4, -0.2) is 40.0 Å². The van der Waals surface area contributed by atoms with Crippen LogP contribution in [0.1, 0.15) is 27.3 Å². The summed E-state index contributed by atoms with van der Waals surface area (Å²) >= 11 is 0. The summed E-state index contributed by atoms with van der Waals surface area (Å²) in [5.74, 6) is -4.24. The second-order valence-electron chi connectivity index (χ2n) is 4.94. The Morgan fingerprint density at radius 1 is 1.00 bits per heavy atom. The summed E-state index contributed by atoms with van der Waals surface area (Å²) in [5, 5.41) is 22.3. The Morgan fingerprint density at radius 3 is 2.32 bits per heavy atom. The van der Waals surface area contributed by atoms with Crippen molar-refractivity contribution in [2.24, 2.45) is 0 Å². The van der Waals surface area contributed by atoms with Gasteiger partial charge in [0.05, 0.1) is 23.9 Å². The lowest BCUT2D eigenvalue weighted by Gasteiger charge is -2.14. The summed E-state index contributed by atoms with van der Waals surface area (Å²) in [6.45, 7) is 0. The first-order valence-electron chi connectivity index (χ1n) is 7.08. The fourth-order valence-corrected chi connectivity index (χ4v) is 1.99. The number of carboxylic acids is 2. The number of hydrogen-bond acceptors (Lipinski definition) is 5. The number of carboxylic acid groups (broad SMARTS) is 2. The van der Waals surface area contributed by atoms with Crippen molar-refractivity contribution in [1.29, 1.82) is 0 Å². The molecule has 0 saturated carbocycles. The molecule has 0 aliphatic heterocycles. The molecule has 0 spiro atoms. The molecular formula is C16H14N2O7. The quantitative estimate of drug-likeness (QED) is 0.589. The molecule has 0 radical (unpaired) electrons. The van der Waals surface area contributed by atoms with E-state index in [1.165, 1.54) is 36.6 Å².